The first-order chi connectivity index (χ1) is 38.7. The smallest absolute Gasteiger partial charge is 0.0661 e. The Labute approximate surface area is 457 Å². The number of fused-ring (bicyclic) bond motifs is 9. The van der Waals surface area contributed by atoms with Gasteiger partial charge in [-0.15, -0.1) is 11.3 Å². The monoisotopic (exact) mass is 1010 g/mol. The highest BCUT2D eigenvalue weighted by Gasteiger charge is 2.24. The summed E-state index contributed by atoms with van der Waals surface area (Å²) in [6.45, 7) is 0. The number of rotatable bonds is 10. The highest BCUT2D eigenvalue weighted by Crippen LogP contribution is 2.50. The van der Waals surface area contributed by atoms with Gasteiger partial charge in [-0.05, 0) is 147 Å². The molecule has 366 valence electrons. The molecule has 0 fully saturated rings. The third-order valence-electron chi connectivity index (χ3n) is 15.5. The van der Waals surface area contributed by atoms with Crippen LogP contribution in [0.1, 0.15) is 0 Å². The maximum absolute atomic E-state index is 2.48. The van der Waals surface area contributed by atoms with E-state index >= 15 is 0 Å². The maximum Gasteiger partial charge on any atom is 0.0661 e. The van der Waals surface area contributed by atoms with E-state index in [2.05, 4.69) is 312 Å². The summed E-state index contributed by atoms with van der Waals surface area (Å²) < 4.78 is 4.93. The topological polar surface area (TPSA) is 11.4 Å². The number of hydrogen-bond donors (Lipinski definition) is 0. The molecule has 0 amide bonds. The van der Waals surface area contributed by atoms with Gasteiger partial charge in [-0.25, -0.2) is 0 Å². The Morgan fingerprint density at radius 1 is 0.256 bits per heavy atom. The van der Waals surface area contributed by atoms with Crippen LogP contribution in [-0.4, -0.2) is 4.57 Å². The molecule has 0 radical (unpaired) electrons. The highest BCUT2D eigenvalue weighted by molar-refractivity contribution is 7.26. The van der Waals surface area contributed by atoms with Crippen LogP contribution in [0.2, 0.25) is 0 Å². The van der Waals surface area contributed by atoms with Gasteiger partial charge in [0.1, 0.15) is 0 Å². The summed E-state index contributed by atoms with van der Waals surface area (Å²) >= 11 is 1.86. The van der Waals surface area contributed by atoms with Gasteiger partial charge in [-0.1, -0.05) is 200 Å². The van der Waals surface area contributed by atoms with E-state index in [0.29, 0.717) is 0 Å². The van der Waals surface area contributed by atoms with Crippen molar-refractivity contribution in [3.63, 3.8) is 0 Å². The predicted molar refractivity (Wildman–Crippen MR) is 334 cm³/mol. The van der Waals surface area contributed by atoms with E-state index in [0.717, 1.165) is 34.1 Å². The Kier molecular flexibility index (Phi) is 11.0. The molecule has 78 heavy (non-hydrogen) atoms. The molecule has 2 heterocycles. The highest BCUT2D eigenvalue weighted by atomic mass is 32.1. The van der Waals surface area contributed by atoms with Crippen molar-refractivity contribution in [1.82, 2.24) is 4.57 Å². The summed E-state index contributed by atoms with van der Waals surface area (Å²) in [5.74, 6) is 0. The van der Waals surface area contributed by atoms with Gasteiger partial charge >= 0.3 is 0 Å². The Balaban J connectivity index is 0.940. The van der Waals surface area contributed by atoms with Crippen molar-refractivity contribution in [3.05, 3.63) is 297 Å². The SMILES string of the molecule is c1ccc(-c2ccc(N(c3ccccc3)c3cc(N(c4ccccc4)c4ccc(-c5ccccc5)cc4)c4sc5ccc(-c6ccc7c(c6)c6ccccc6n7-c6cc7ccccc7c7ccccc67)cc5c4c3)cc2)cc1. The van der Waals surface area contributed by atoms with Crippen LogP contribution >= 0.6 is 11.3 Å². The third kappa shape index (κ3) is 7.81. The van der Waals surface area contributed by atoms with Gasteiger partial charge in [0.05, 0.1) is 27.1 Å². The molecule has 0 unspecified atom stereocenters. The van der Waals surface area contributed by atoms with Crippen LogP contribution in [-0.2, 0) is 0 Å². The van der Waals surface area contributed by atoms with E-state index in [1.54, 1.807) is 0 Å². The van der Waals surface area contributed by atoms with Gasteiger partial charge in [0.2, 0.25) is 0 Å². The molecule has 15 rings (SSSR count). The molecule has 0 atom stereocenters. The van der Waals surface area contributed by atoms with Crippen molar-refractivity contribution in [1.29, 1.82) is 0 Å². The van der Waals surface area contributed by atoms with E-state index in [-0.39, 0.29) is 0 Å². The molecular formula is C74H49N3S. The minimum Gasteiger partial charge on any atom is -0.310 e. The molecule has 4 heteroatoms. The molecule has 0 aliphatic rings. The molecule has 0 saturated heterocycles. The van der Waals surface area contributed by atoms with Crippen molar-refractivity contribution < 1.29 is 0 Å². The van der Waals surface area contributed by atoms with E-state index in [9.17, 15) is 0 Å². The lowest BCUT2D eigenvalue weighted by atomic mass is 9.99. The zero-order valence-electron chi connectivity index (χ0n) is 42.5. The zero-order valence-corrected chi connectivity index (χ0v) is 43.4. The van der Waals surface area contributed by atoms with Crippen LogP contribution in [0.4, 0.5) is 34.1 Å². The lowest BCUT2D eigenvalue weighted by Crippen LogP contribution is -2.13. The van der Waals surface area contributed by atoms with E-state index in [1.807, 2.05) is 11.3 Å². The summed E-state index contributed by atoms with van der Waals surface area (Å²) in [6.07, 6.45) is 0. The Hall–Kier alpha value is -10.0. The average Bonchev–Trinajstić information content (AvgIpc) is 4.26. The molecule has 0 N–H and O–H groups in total. The largest absolute Gasteiger partial charge is 0.310 e. The first-order valence-corrected chi connectivity index (χ1v) is 27.5. The summed E-state index contributed by atoms with van der Waals surface area (Å²) in [7, 11) is 0. The van der Waals surface area contributed by atoms with Crippen LogP contribution < -0.4 is 9.80 Å². The van der Waals surface area contributed by atoms with Gasteiger partial charge < -0.3 is 14.4 Å². The number of thiophene rings is 1. The molecule has 15 aromatic rings. The van der Waals surface area contributed by atoms with Gasteiger partial charge in [0.15, 0.2) is 0 Å². The van der Waals surface area contributed by atoms with Crippen LogP contribution in [0, 0.1) is 0 Å². The van der Waals surface area contributed by atoms with Crippen molar-refractivity contribution in [2.75, 3.05) is 9.80 Å². The van der Waals surface area contributed by atoms with E-state index in [4.69, 9.17) is 0 Å². The fourth-order valence-electron chi connectivity index (χ4n) is 11.8. The van der Waals surface area contributed by atoms with Crippen molar-refractivity contribution >= 4 is 109 Å². The molecular weight excluding hydrogens is 963 g/mol. The molecule has 3 nitrogen and oxygen atoms in total. The standard InChI is InChI=1S/C74H49N3S/c1-5-19-50(20-6-1)52-33-39-59(40-34-52)75(57-24-9-3-10-25-57)61-48-68-67-46-55(38-44-73(67)78-74(68)72(49-61)76(58-26-11-4-12-27-58)60-41-35-53(36-42-60)51-21-7-2-8-22-51)54-37-43-70-66(45-54)65-31-17-18-32-69(65)77(70)71-47-56-23-13-14-28-62(56)63-29-15-16-30-64(63)71/h1-49H. The van der Waals surface area contributed by atoms with Crippen LogP contribution in [0.3, 0.4) is 0 Å². The number of anilines is 6. The third-order valence-corrected chi connectivity index (χ3v) is 16.7. The normalized spacial score (nSPS) is 11.6. The fourth-order valence-corrected chi connectivity index (χ4v) is 13.0. The maximum atomic E-state index is 2.48. The quantitative estimate of drug-likeness (QED) is 0.127. The Bertz CT molecular complexity index is 4700. The number of para-hydroxylation sites is 3. The summed E-state index contributed by atoms with van der Waals surface area (Å²) in [4.78, 5) is 4.86. The zero-order chi connectivity index (χ0) is 51.5. The van der Waals surface area contributed by atoms with Gasteiger partial charge in [-0.2, -0.15) is 0 Å². The summed E-state index contributed by atoms with van der Waals surface area (Å²) in [5, 5.41) is 9.89. The van der Waals surface area contributed by atoms with Gasteiger partial charge in [0, 0.05) is 60.1 Å². The van der Waals surface area contributed by atoms with Crippen LogP contribution in [0.5, 0.6) is 0 Å². The average molecular weight is 1010 g/mol. The van der Waals surface area contributed by atoms with Crippen molar-refractivity contribution in [2.24, 2.45) is 0 Å². The Morgan fingerprint density at radius 2 is 0.718 bits per heavy atom. The number of benzene rings is 13. The van der Waals surface area contributed by atoms with Crippen molar-refractivity contribution in [2.45, 2.75) is 0 Å². The van der Waals surface area contributed by atoms with Crippen molar-refractivity contribution in [3.8, 4) is 39.1 Å². The van der Waals surface area contributed by atoms with E-state index in [1.165, 1.54) is 103 Å². The second-order valence-corrected chi connectivity index (χ2v) is 21.1. The minimum absolute atomic E-state index is 1.07. The summed E-state index contributed by atoms with van der Waals surface area (Å²) in [5.41, 5.74) is 17.2. The number of hydrogen-bond acceptors (Lipinski definition) is 3. The molecule has 0 bridgehead atoms. The lowest BCUT2D eigenvalue weighted by molar-refractivity contribution is 1.20. The number of aromatic nitrogens is 1. The minimum atomic E-state index is 1.07. The van der Waals surface area contributed by atoms with E-state index < -0.39 is 0 Å². The van der Waals surface area contributed by atoms with Crippen LogP contribution in [0.25, 0.3) is 103 Å². The Morgan fingerprint density at radius 3 is 1.37 bits per heavy atom. The molecule has 0 spiro atoms. The van der Waals surface area contributed by atoms with Gasteiger partial charge in [-0.3, -0.25) is 0 Å². The first kappa shape index (κ1) is 45.4. The fraction of sp³-hybridized carbons (Fsp3) is 0. The lowest BCUT2D eigenvalue weighted by Gasteiger charge is -2.30. The molecule has 13 aromatic carbocycles. The second kappa shape index (κ2) is 19.0. The second-order valence-electron chi connectivity index (χ2n) is 20.1. The summed E-state index contributed by atoms with van der Waals surface area (Å²) in [6, 6.07) is 109. The van der Waals surface area contributed by atoms with Gasteiger partial charge in [0.25, 0.3) is 0 Å². The van der Waals surface area contributed by atoms with Crippen LogP contribution in [0.15, 0.2) is 297 Å². The molecule has 0 saturated carbocycles. The predicted octanol–water partition coefficient (Wildman–Crippen LogP) is 21.4. The number of nitrogens with zero attached hydrogens (tertiary/aromatic N) is 3. The molecule has 2 aromatic heterocycles. The molecule has 0 aliphatic carbocycles. The molecule has 0 aliphatic heterocycles. The first-order valence-electron chi connectivity index (χ1n) is 26.6.